The molecule has 2 aromatic carbocycles. The van der Waals surface area contributed by atoms with Crippen molar-refractivity contribution in [1.29, 1.82) is 0 Å². The molecule has 0 aliphatic carbocycles. The quantitative estimate of drug-likeness (QED) is 0.397. The van der Waals surface area contributed by atoms with Crippen LogP contribution in [0, 0.1) is 19.7 Å². The van der Waals surface area contributed by atoms with E-state index in [0.29, 0.717) is 16.9 Å². The molecule has 0 aliphatic heterocycles. The predicted octanol–water partition coefficient (Wildman–Crippen LogP) is 5.65. The molecule has 0 amide bonds. The smallest absolute Gasteiger partial charge is 0.175 e. The molecule has 5 nitrogen and oxygen atoms in total. The lowest BCUT2D eigenvalue weighted by Crippen LogP contribution is -2.16. The zero-order chi connectivity index (χ0) is 24.1. The first-order valence-corrected chi connectivity index (χ1v) is 13.1. The minimum atomic E-state index is -3.33. The molecule has 0 fully saturated rings. The van der Waals surface area contributed by atoms with Crippen LogP contribution in [-0.2, 0) is 15.4 Å². The van der Waals surface area contributed by atoms with Gasteiger partial charge >= 0.3 is 0 Å². The minimum absolute atomic E-state index is 0.261. The average molecular weight is 485 g/mol. The molecule has 1 N–H and O–H groups in total. The second kappa shape index (κ2) is 8.20. The molecule has 4 aromatic rings. The molecule has 4 rings (SSSR count). The third kappa shape index (κ3) is 4.51. The third-order valence-electron chi connectivity index (χ3n) is 5.50. The highest BCUT2D eigenvalue weighted by Crippen LogP contribution is 2.40. The topological polar surface area (TPSA) is 72.2 Å². The van der Waals surface area contributed by atoms with Crippen LogP contribution in [0.25, 0.3) is 26.7 Å². The Hall–Kier alpha value is -2.81. The van der Waals surface area contributed by atoms with Gasteiger partial charge in [0, 0.05) is 16.7 Å². The van der Waals surface area contributed by atoms with Crippen molar-refractivity contribution < 1.29 is 17.9 Å². The molecule has 0 atom stereocenters. The van der Waals surface area contributed by atoms with Gasteiger partial charge < -0.3 is 5.11 Å². The van der Waals surface area contributed by atoms with Crippen LogP contribution in [0.2, 0.25) is 0 Å². The van der Waals surface area contributed by atoms with Crippen LogP contribution in [0.5, 0.6) is 0 Å². The van der Waals surface area contributed by atoms with Gasteiger partial charge in [0.05, 0.1) is 26.8 Å². The summed E-state index contributed by atoms with van der Waals surface area (Å²) in [6, 6.07) is 15.5. The molecule has 0 bridgehead atoms. The van der Waals surface area contributed by atoms with Crippen LogP contribution in [-0.4, -0.2) is 29.6 Å². The summed E-state index contributed by atoms with van der Waals surface area (Å²) in [7, 11) is -3.33. The number of aromatic nitrogens is 2. The van der Waals surface area contributed by atoms with Gasteiger partial charge in [0.15, 0.2) is 9.84 Å². The number of rotatable bonds is 5. The highest BCUT2D eigenvalue weighted by atomic mass is 32.2. The second-order valence-electron chi connectivity index (χ2n) is 8.69. The average Bonchev–Trinajstić information content (AvgIpc) is 3.33. The Morgan fingerprint density at radius 3 is 2.42 bits per heavy atom. The molecule has 0 saturated carbocycles. The summed E-state index contributed by atoms with van der Waals surface area (Å²) in [4.78, 5) is 2.07. The van der Waals surface area contributed by atoms with E-state index in [1.807, 2.05) is 25.1 Å². The van der Waals surface area contributed by atoms with E-state index < -0.39 is 15.4 Å². The van der Waals surface area contributed by atoms with E-state index in [1.165, 1.54) is 23.7 Å². The highest BCUT2D eigenvalue weighted by molar-refractivity contribution is 7.90. The number of hydrogen-bond acceptors (Lipinski definition) is 5. The maximum atomic E-state index is 14.3. The number of hydrogen-bond donors (Lipinski definition) is 1. The molecule has 0 spiro atoms. The van der Waals surface area contributed by atoms with Gasteiger partial charge in [0.1, 0.15) is 11.4 Å². The van der Waals surface area contributed by atoms with E-state index in [0.717, 1.165) is 26.6 Å². The second-order valence-corrected chi connectivity index (χ2v) is 11.8. The Labute approximate surface area is 197 Å². The van der Waals surface area contributed by atoms with Gasteiger partial charge in [-0.05, 0) is 75.2 Å². The third-order valence-corrected chi connectivity index (χ3v) is 7.92. The number of benzene rings is 2. The zero-order valence-corrected chi connectivity index (χ0v) is 20.7. The first-order valence-electron chi connectivity index (χ1n) is 10.4. The van der Waals surface area contributed by atoms with Crippen molar-refractivity contribution in [1.82, 2.24) is 9.78 Å². The summed E-state index contributed by atoms with van der Waals surface area (Å²) >= 11 is 1.50. The summed E-state index contributed by atoms with van der Waals surface area (Å²) in [5, 5.41) is 15.2. The molecular formula is C25H25FN2O3S2. The number of aliphatic hydroxyl groups is 1. The van der Waals surface area contributed by atoms with Gasteiger partial charge in [0.2, 0.25) is 0 Å². The fourth-order valence-corrected chi connectivity index (χ4v) is 5.45. The molecule has 0 aliphatic rings. The van der Waals surface area contributed by atoms with Crippen molar-refractivity contribution in [3.63, 3.8) is 0 Å². The van der Waals surface area contributed by atoms with Crippen molar-refractivity contribution in [3.8, 4) is 26.7 Å². The number of sulfone groups is 1. The number of aryl methyl sites for hydroxylation is 1. The van der Waals surface area contributed by atoms with Gasteiger partial charge in [-0.15, -0.1) is 11.3 Å². The molecule has 172 valence electrons. The van der Waals surface area contributed by atoms with Gasteiger partial charge in [-0.2, -0.15) is 5.10 Å². The Kier molecular flexibility index (Phi) is 5.80. The monoisotopic (exact) mass is 484 g/mol. The molecule has 0 saturated heterocycles. The Morgan fingerprint density at radius 2 is 1.76 bits per heavy atom. The molecular weight excluding hydrogens is 459 g/mol. The van der Waals surface area contributed by atoms with Gasteiger partial charge in [-0.1, -0.05) is 18.2 Å². The van der Waals surface area contributed by atoms with Crippen molar-refractivity contribution >= 4 is 21.2 Å². The van der Waals surface area contributed by atoms with Gasteiger partial charge in [-0.25, -0.2) is 17.5 Å². The first-order chi connectivity index (χ1) is 15.4. The lowest BCUT2D eigenvalue weighted by atomic mass is 10.1. The van der Waals surface area contributed by atoms with E-state index in [2.05, 4.69) is 5.10 Å². The Balaban J connectivity index is 1.91. The maximum absolute atomic E-state index is 14.3. The minimum Gasteiger partial charge on any atom is -0.384 e. The van der Waals surface area contributed by atoms with Crippen LogP contribution in [0.3, 0.4) is 0 Å². The molecule has 0 unspecified atom stereocenters. The van der Waals surface area contributed by atoms with Gasteiger partial charge in [0.25, 0.3) is 0 Å². The number of nitrogens with zero attached hydrogens (tertiary/aromatic N) is 2. The summed E-state index contributed by atoms with van der Waals surface area (Å²) in [6.07, 6.45) is 1.19. The lowest BCUT2D eigenvalue weighted by molar-refractivity contribution is 0.0734. The first kappa shape index (κ1) is 23.4. The van der Waals surface area contributed by atoms with Crippen LogP contribution in [0.15, 0.2) is 59.5 Å². The number of thiophene rings is 1. The normalized spacial score (nSPS) is 12.3. The van der Waals surface area contributed by atoms with Crippen LogP contribution in [0.4, 0.5) is 4.39 Å². The summed E-state index contributed by atoms with van der Waals surface area (Å²) in [6.45, 7) is 6.98. The van der Waals surface area contributed by atoms with Crippen molar-refractivity contribution in [2.24, 2.45) is 0 Å². The van der Waals surface area contributed by atoms with E-state index >= 15 is 0 Å². The van der Waals surface area contributed by atoms with Crippen LogP contribution >= 0.6 is 11.3 Å². The molecule has 2 heterocycles. The zero-order valence-electron chi connectivity index (χ0n) is 19.0. The van der Waals surface area contributed by atoms with E-state index in [4.69, 9.17) is 0 Å². The Morgan fingerprint density at radius 1 is 1.06 bits per heavy atom. The summed E-state index contributed by atoms with van der Waals surface area (Å²) in [5.41, 5.74) is 2.83. The van der Waals surface area contributed by atoms with E-state index in [1.54, 1.807) is 55.8 Å². The lowest BCUT2D eigenvalue weighted by Gasteiger charge is -2.13. The summed E-state index contributed by atoms with van der Waals surface area (Å²) in [5.74, 6) is -0.333. The van der Waals surface area contributed by atoms with Crippen molar-refractivity contribution in [3.05, 3.63) is 77.2 Å². The maximum Gasteiger partial charge on any atom is 0.175 e. The summed E-state index contributed by atoms with van der Waals surface area (Å²) < 4.78 is 40.0. The molecule has 33 heavy (non-hydrogen) atoms. The van der Waals surface area contributed by atoms with Crippen LogP contribution in [0.1, 0.15) is 30.7 Å². The Bertz CT molecular complexity index is 1460. The number of halogens is 1. The highest BCUT2D eigenvalue weighted by Gasteiger charge is 2.25. The van der Waals surface area contributed by atoms with E-state index in [9.17, 15) is 17.9 Å². The van der Waals surface area contributed by atoms with E-state index in [-0.39, 0.29) is 10.7 Å². The SMILES string of the molecule is Cc1cc(-c2cccc(S(C)(=O)=O)c2)sc1-c1cc(C(C)(C)O)nn1-c1cccc(F)c1C. The molecule has 0 radical (unpaired) electrons. The predicted molar refractivity (Wildman–Crippen MR) is 130 cm³/mol. The van der Waals surface area contributed by atoms with Gasteiger partial charge in [-0.3, -0.25) is 0 Å². The molecule has 2 aromatic heterocycles. The van der Waals surface area contributed by atoms with Crippen LogP contribution < -0.4 is 0 Å². The molecule has 8 heteroatoms. The largest absolute Gasteiger partial charge is 0.384 e. The fourth-order valence-electron chi connectivity index (χ4n) is 3.61. The fraction of sp³-hybridized carbons (Fsp3) is 0.240. The van der Waals surface area contributed by atoms with Crippen molar-refractivity contribution in [2.75, 3.05) is 6.26 Å². The van der Waals surface area contributed by atoms with Crippen molar-refractivity contribution in [2.45, 2.75) is 38.2 Å². The standard InChI is InChI=1S/C25H25FN2O3S2/c1-15-12-22(17-8-6-9-18(13-17)33(5,30)31)32-24(15)21-14-23(25(3,4)29)27-28(21)20-11-7-10-19(26)16(20)2/h6-14,29H,1-5H3.